The first-order valence-corrected chi connectivity index (χ1v) is 13.4. The first-order valence-electron chi connectivity index (χ1n) is 12.6. The van der Waals surface area contributed by atoms with Crippen molar-refractivity contribution in [3.63, 3.8) is 0 Å². The fraction of sp³-hybridized carbons (Fsp3) is 0.0588. The maximum Gasteiger partial charge on any atom is 0.339 e. The van der Waals surface area contributed by atoms with E-state index in [1.807, 2.05) is 97.1 Å². The maximum atomic E-state index is 13.6. The quantitative estimate of drug-likeness (QED) is 0.176. The van der Waals surface area contributed by atoms with Gasteiger partial charge in [0.25, 0.3) is 0 Å². The molecular weight excluding hydrogens is 543 g/mol. The van der Waals surface area contributed by atoms with Crippen LogP contribution in [0.15, 0.2) is 133 Å². The van der Waals surface area contributed by atoms with Gasteiger partial charge in [-0.25, -0.2) is 9.59 Å². The van der Waals surface area contributed by atoms with Crippen LogP contribution in [0.5, 0.6) is 0 Å². The first kappa shape index (κ1) is 27.2. The highest BCUT2D eigenvalue weighted by Crippen LogP contribution is 2.34. The van der Waals surface area contributed by atoms with Gasteiger partial charge in [0, 0.05) is 21.2 Å². The van der Waals surface area contributed by atoms with Crippen LogP contribution in [0.2, 0.25) is 10.0 Å². The summed E-state index contributed by atoms with van der Waals surface area (Å²) in [5.41, 5.74) is 2.90. The summed E-state index contributed by atoms with van der Waals surface area (Å²) >= 11 is 13.0. The number of hydrogen-bond acceptors (Lipinski definition) is 4. The van der Waals surface area contributed by atoms with Crippen LogP contribution in [0.3, 0.4) is 0 Å². The summed E-state index contributed by atoms with van der Waals surface area (Å²) in [6.45, 7) is 0. The average Bonchev–Trinajstić information content (AvgIpc) is 3.00. The molecule has 2 atom stereocenters. The summed E-state index contributed by atoms with van der Waals surface area (Å²) in [5.74, 6) is -1.37. The fourth-order valence-corrected chi connectivity index (χ4v) is 4.90. The molecule has 4 nitrogen and oxygen atoms in total. The number of carbonyl (C=O) groups is 2. The molecule has 40 heavy (non-hydrogen) atoms. The predicted octanol–water partition coefficient (Wildman–Crippen LogP) is 8.89. The Morgan fingerprint density at radius 2 is 0.775 bits per heavy atom. The second-order valence-electron chi connectivity index (χ2n) is 8.98. The maximum absolute atomic E-state index is 13.6. The van der Waals surface area contributed by atoms with E-state index >= 15 is 0 Å². The molecule has 5 rings (SSSR count). The second kappa shape index (κ2) is 12.6. The van der Waals surface area contributed by atoms with Crippen molar-refractivity contribution in [3.8, 4) is 0 Å². The summed E-state index contributed by atoms with van der Waals surface area (Å²) in [7, 11) is 0. The van der Waals surface area contributed by atoms with E-state index in [1.165, 1.54) is 0 Å². The third-order valence-electron chi connectivity index (χ3n) is 6.40. The molecule has 0 aromatic heterocycles. The van der Waals surface area contributed by atoms with E-state index in [1.54, 1.807) is 36.4 Å². The van der Waals surface area contributed by atoms with Gasteiger partial charge in [0.15, 0.2) is 12.2 Å². The molecule has 0 spiro atoms. The molecule has 0 aliphatic heterocycles. The molecule has 5 aromatic carbocycles. The van der Waals surface area contributed by atoms with Gasteiger partial charge in [-0.1, -0.05) is 132 Å². The standard InChI is InChI=1S/C34H24Cl2O4/c35-29-21-11-9-19-27(29)31(23-13-3-1-4-14-23)39-33(37)25-17-7-8-18-26(25)34(38)40-32(24-15-5-2-6-16-24)28-20-10-12-22-30(28)36/h1-22,31-32H. The highest BCUT2D eigenvalue weighted by molar-refractivity contribution is 6.31. The third kappa shape index (κ3) is 6.09. The summed E-state index contributed by atoms with van der Waals surface area (Å²) in [4.78, 5) is 27.2. The highest BCUT2D eigenvalue weighted by Gasteiger charge is 2.28. The molecular formula is C34H24Cl2O4. The van der Waals surface area contributed by atoms with Crippen molar-refractivity contribution in [1.29, 1.82) is 0 Å². The van der Waals surface area contributed by atoms with E-state index in [0.29, 0.717) is 21.2 Å². The molecule has 0 radical (unpaired) electrons. The zero-order valence-corrected chi connectivity index (χ0v) is 22.8. The zero-order valence-electron chi connectivity index (χ0n) is 21.2. The summed E-state index contributed by atoms with van der Waals surface area (Å²) < 4.78 is 12.0. The van der Waals surface area contributed by atoms with E-state index in [4.69, 9.17) is 32.7 Å². The number of benzene rings is 5. The van der Waals surface area contributed by atoms with E-state index in [0.717, 1.165) is 11.1 Å². The van der Waals surface area contributed by atoms with E-state index in [2.05, 4.69) is 0 Å². The van der Waals surface area contributed by atoms with Gasteiger partial charge in [-0.2, -0.15) is 0 Å². The number of hydrogen-bond donors (Lipinski definition) is 0. The van der Waals surface area contributed by atoms with Crippen LogP contribution in [0.4, 0.5) is 0 Å². The monoisotopic (exact) mass is 566 g/mol. The summed E-state index contributed by atoms with van der Waals surface area (Å²) in [6, 6.07) is 39.4. The Morgan fingerprint density at radius 3 is 1.15 bits per heavy atom. The molecule has 0 amide bonds. The van der Waals surface area contributed by atoms with Crippen LogP contribution in [-0.4, -0.2) is 11.9 Å². The van der Waals surface area contributed by atoms with Crippen molar-refractivity contribution in [2.24, 2.45) is 0 Å². The minimum Gasteiger partial charge on any atom is -0.449 e. The molecule has 5 aromatic rings. The van der Waals surface area contributed by atoms with Crippen molar-refractivity contribution < 1.29 is 19.1 Å². The van der Waals surface area contributed by atoms with E-state index in [9.17, 15) is 9.59 Å². The summed E-state index contributed by atoms with van der Waals surface area (Å²) in [6.07, 6.45) is -1.57. The number of halogens is 2. The van der Waals surface area contributed by atoms with Gasteiger partial charge < -0.3 is 9.47 Å². The van der Waals surface area contributed by atoms with E-state index in [-0.39, 0.29) is 11.1 Å². The molecule has 198 valence electrons. The van der Waals surface area contributed by atoms with Gasteiger partial charge >= 0.3 is 11.9 Å². The van der Waals surface area contributed by atoms with Crippen molar-refractivity contribution >= 4 is 35.1 Å². The van der Waals surface area contributed by atoms with Gasteiger partial charge in [-0.3, -0.25) is 0 Å². The van der Waals surface area contributed by atoms with Crippen molar-refractivity contribution in [2.75, 3.05) is 0 Å². The Labute approximate surface area is 242 Å². The number of rotatable bonds is 8. The molecule has 0 saturated heterocycles. The molecule has 0 aliphatic carbocycles. The smallest absolute Gasteiger partial charge is 0.339 e. The molecule has 2 unspecified atom stereocenters. The van der Waals surface area contributed by atoms with Gasteiger partial charge in [-0.05, 0) is 35.4 Å². The lowest BCUT2D eigenvalue weighted by molar-refractivity contribution is 0.0330. The first-order chi connectivity index (χ1) is 19.5. The van der Waals surface area contributed by atoms with Gasteiger partial charge in [0.05, 0.1) is 11.1 Å². The molecule has 6 heteroatoms. The van der Waals surface area contributed by atoms with Crippen LogP contribution < -0.4 is 0 Å². The summed E-state index contributed by atoms with van der Waals surface area (Å²) in [5, 5.41) is 0.921. The second-order valence-corrected chi connectivity index (χ2v) is 9.80. The SMILES string of the molecule is O=C(OC(c1ccccc1)c1ccccc1Cl)c1ccccc1C(=O)OC(c1ccccc1)c1ccccc1Cl. The Balaban J connectivity index is 1.47. The van der Waals surface area contributed by atoms with Crippen molar-refractivity contribution in [3.05, 3.63) is 177 Å². The molecule has 0 heterocycles. The van der Waals surface area contributed by atoms with Crippen LogP contribution >= 0.6 is 23.2 Å². The van der Waals surface area contributed by atoms with Crippen LogP contribution in [0.25, 0.3) is 0 Å². The molecule has 0 N–H and O–H groups in total. The van der Waals surface area contributed by atoms with Crippen LogP contribution in [0, 0.1) is 0 Å². The van der Waals surface area contributed by atoms with Crippen molar-refractivity contribution in [1.82, 2.24) is 0 Å². The molecule has 0 saturated carbocycles. The molecule has 0 fully saturated rings. The normalized spacial score (nSPS) is 12.2. The molecule has 0 bridgehead atoms. The number of esters is 2. The number of ether oxygens (including phenoxy) is 2. The van der Waals surface area contributed by atoms with Crippen LogP contribution in [-0.2, 0) is 9.47 Å². The Morgan fingerprint density at radius 1 is 0.450 bits per heavy atom. The van der Waals surface area contributed by atoms with Gasteiger partial charge in [0.1, 0.15) is 0 Å². The lowest BCUT2D eigenvalue weighted by Crippen LogP contribution is -2.19. The highest BCUT2D eigenvalue weighted by atomic mass is 35.5. The Bertz CT molecular complexity index is 1500. The Hall–Kier alpha value is -4.38. The van der Waals surface area contributed by atoms with E-state index < -0.39 is 24.1 Å². The largest absolute Gasteiger partial charge is 0.449 e. The topological polar surface area (TPSA) is 52.6 Å². The Kier molecular flexibility index (Phi) is 8.60. The zero-order chi connectivity index (χ0) is 27.9. The molecule has 0 aliphatic rings. The lowest BCUT2D eigenvalue weighted by Gasteiger charge is -2.22. The predicted molar refractivity (Wildman–Crippen MR) is 157 cm³/mol. The fourth-order valence-electron chi connectivity index (χ4n) is 4.43. The van der Waals surface area contributed by atoms with Crippen LogP contribution in [0.1, 0.15) is 55.2 Å². The average molecular weight is 567 g/mol. The minimum absolute atomic E-state index is 0.0754. The third-order valence-corrected chi connectivity index (χ3v) is 7.09. The number of carbonyl (C=O) groups excluding carboxylic acids is 2. The lowest BCUT2D eigenvalue weighted by atomic mass is 10.0. The minimum atomic E-state index is -0.785. The van der Waals surface area contributed by atoms with Crippen molar-refractivity contribution in [2.45, 2.75) is 12.2 Å². The van der Waals surface area contributed by atoms with Gasteiger partial charge in [0.2, 0.25) is 0 Å². The van der Waals surface area contributed by atoms with Gasteiger partial charge in [-0.15, -0.1) is 0 Å².